The Labute approximate surface area is 180 Å². The maximum Gasteiger partial charge on any atom is 0.393 e. The lowest BCUT2D eigenvalue weighted by Gasteiger charge is -2.40. The van der Waals surface area contributed by atoms with Crippen LogP contribution in [0.5, 0.6) is 0 Å². The van der Waals surface area contributed by atoms with Crippen molar-refractivity contribution in [3.63, 3.8) is 0 Å². The number of likely N-dealkylation sites (tertiary alicyclic amines) is 1. The number of amides is 1. The number of hydrogen-bond donors (Lipinski definition) is 0. The summed E-state index contributed by atoms with van der Waals surface area (Å²) in [5.74, 6) is -0.0107. The van der Waals surface area contributed by atoms with Crippen molar-refractivity contribution in [2.75, 3.05) is 25.0 Å². The molecule has 1 aliphatic rings. The second-order valence-corrected chi connectivity index (χ2v) is 8.66. The molecule has 3 rings (SSSR count). The van der Waals surface area contributed by atoms with Crippen molar-refractivity contribution in [2.45, 2.75) is 38.9 Å². The molecule has 1 aliphatic heterocycles. The summed E-state index contributed by atoms with van der Waals surface area (Å²) in [5, 5.41) is 0.746. The van der Waals surface area contributed by atoms with Crippen molar-refractivity contribution in [3.05, 3.63) is 64.7 Å². The predicted molar refractivity (Wildman–Crippen MR) is 114 cm³/mol. The molecule has 3 nitrogen and oxygen atoms in total. The first kappa shape index (κ1) is 22.6. The van der Waals surface area contributed by atoms with Crippen molar-refractivity contribution >= 4 is 23.2 Å². The van der Waals surface area contributed by atoms with Gasteiger partial charge in [0.2, 0.25) is 5.91 Å². The monoisotopic (exact) mass is 438 g/mol. The lowest BCUT2D eigenvalue weighted by Crippen LogP contribution is -2.47. The van der Waals surface area contributed by atoms with Crippen LogP contribution in [-0.2, 0) is 17.8 Å². The van der Waals surface area contributed by atoms with Gasteiger partial charge in [0.1, 0.15) is 0 Å². The number of benzene rings is 2. The normalized spacial score (nSPS) is 17.0. The third-order valence-corrected chi connectivity index (χ3v) is 6.23. The molecular formula is C23H26ClF3N2O. The molecule has 7 heteroatoms. The Bertz CT molecular complexity index is 875. The summed E-state index contributed by atoms with van der Waals surface area (Å²) in [4.78, 5) is 17.0. The standard InChI is InChI=1S/C23H26ClF3N2O/c1-22(11-13-29(14-12-22)16-18-5-3-4-6-20(18)24)21(30)28(2)19-9-7-17(8-10-19)15-23(25,26)27/h3-10H,11-16H2,1-2H3. The minimum Gasteiger partial charge on any atom is -0.315 e. The van der Waals surface area contributed by atoms with Crippen LogP contribution in [0.3, 0.4) is 0 Å². The molecule has 1 saturated heterocycles. The number of rotatable bonds is 5. The van der Waals surface area contributed by atoms with E-state index in [0.717, 1.165) is 30.2 Å². The maximum absolute atomic E-state index is 13.2. The van der Waals surface area contributed by atoms with Gasteiger partial charge >= 0.3 is 6.18 Å². The highest BCUT2D eigenvalue weighted by atomic mass is 35.5. The average Bonchev–Trinajstić information content (AvgIpc) is 2.70. The van der Waals surface area contributed by atoms with E-state index in [2.05, 4.69) is 4.90 Å². The highest BCUT2D eigenvalue weighted by molar-refractivity contribution is 6.31. The topological polar surface area (TPSA) is 23.6 Å². The quantitative estimate of drug-likeness (QED) is 0.597. The van der Waals surface area contributed by atoms with Crippen LogP contribution < -0.4 is 4.90 Å². The van der Waals surface area contributed by atoms with Gasteiger partial charge in [0.15, 0.2) is 0 Å². The molecule has 2 aromatic rings. The summed E-state index contributed by atoms with van der Waals surface area (Å²) in [5.41, 5.74) is 1.36. The summed E-state index contributed by atoms with van der Waals surface area (Å²) < 4.78 is 37.6. The van der Waals surface area contributed by atoms with E-state index in [1.54, 1.807) is 24.1 Å². The number of carbonyl (C=O) groups is 1. The fourth-order valence-electron chi connectivity index (χ4n) is 3.88. The van der Waals surface area contributed by atoms with Crippen LogP contribution >= 0.6 is 11.6 Å². The van der Waals surface area contributed by atoms with Crippen LogP contribution in [-0.4, -0.2) is 37.1 Å². The lowest BCUT2D eigenvalue weighted by atomic mass is 9.79. The Morgan fingerprint density at radius 3 is 2.27 bits per heavy atom. The van der Waals surface area contributed by atoms with Gasteiger partial charge in [-0.3, -0.25) is 9.69 Å². The molecule has 0 N–H and O–H groups in total. The van der Waals surface area contributed by atoms with Gasteiger partial charge in [0.05, 0.1) is 6.42 Å². The molecule has 30 heavy (non-hydrogen) atoms. The Morgan fingerprint density at radius 2 is 1.70 bits per heavy atom. The van der Waals surface area contributed by atoms with Gasteiger partial charge in [-0.25, -0.2) is 0 Å². The van der Waals surface area contributed by atoms with Gasteiger partial charge in [0, 0.05) is 29.7 Å². The molecule has 0 radical (unpaired) electrons. The van der Waals surface area contributed by atoms with Gasteiger partial charge in [-0.15, -0.1) is 0 Å². The fraction of sp³-hybridized carbons (Fsp3) is 0.435. The molecule has 0 bridgehead atoms. The zero-order chi connectivity index (χ0) is 21.9. The molecule has 1 amide bonds. The Hall–Kier alpha value is -2.05. The number of halogens is 4. The van der Waals surface area contributed by atoms with Gasteiger partial charge < -0.3 is 4.90 Å². The van der Waals surface area contributed by atoms with E-state index in [0.29, 0.717) is 18.5 Å². The number of alkyl halides is 3. The van der Waals surface area contributed by atoms with E-state index >= 15 is 0 Å². The molecule has 162 valence electrons. The highest BCUT2D eigenvalue weighted by Crippen LogP contribution is 2.35. The van der Waals surface area contributed by atoms with E-state index < -0.39 is 18.0 Å². The SMILES string of the molecule is CN(C(=O)C1(C)CCN(Cc2ccccc2Cl)CC1)c1ccc(CC(F)(F)F)cc1. The van der Waals surface area contributed by atoms with Gasteiger partial charge in [-0.05, 0) is 55.3 Å². The third-order valence-electron chi connectivity index (χ3n) is 5.86. The summed E-state index contributed by atoms with van der Waals surface area (Å²) in [7, 11) is 1.68. The van der Waals surface area contributed by atoms with E-state index in [-0.39, 0.29) is 11.5 Å². The van der Waals surface area contributed by atoms with E-state index in [9.17, 15) is 18.0 Å². The summed E-state index contributed by atoms with van der Waals surface area (Å²) in [6.07, 6.45) is -3.78. The van der Waals surface area contributed by atoms with Crippen LogP contribution in [0.1, 0.15) is 30.9 Å². The Morgan fingerprint density at radius 1 is 1.10 bits per heavy atom. The second-order valence-electron chi connectivity index (χ2n) is 8.25. The molecule has 2 aromatic carbocycles. The number of piperidine rings is 1. The molecule has 0 aliphatic carbocycles. The minimum atomic E-state index is -4.24. The Kier molecular flexibility index (Phi) is 6.78. The number of hydrogen-bond acceptors (Lipinski definition) is 2. The summed E-state index contributed by atoms with van der Waals surface area (Å²) in [6.45, 7) is 4.29. The van der Waals surface area contributed by atoms with Crippen LogP contribution in [0.2, 0.25) is 5.02 Å². The molecule has 1 fully saturated rings. The zero-order valence-electron chi connectivity index (χ0n) is 17.2. The Balaban J connectivity index is 1.60. The summed E-state index contributed by atoms with van der Waals surface area (Å²) in [6, 6.07) is 13.8. The van der Waals surface area contributed by atoms with E-state index in [1.165, 1.54) is 12.1 Å². The van der Waals surface area contributed by atoms with Crippen molar-refractivity contribution in [3.8, 4) is 0 Å². The second kappa shape index (κ2) is 8.98. The van der Waals surface area contributed by atoms with Crippen LogP contribution in [0.25, 0.3) is 0 Å². The van der Waals surface area contributed by atoms with E-state index in [1.807, 2.05) is 31.2 Å². The molecule has 0 aromatic heterocycles. The fourth-order valence-corrected chi connectivity index (χ4v) is 4.07. The van der Waals surface area contributed by atoms with Crippen LogP contribution in [0.15, 0.2) is 48.5 Å². The van der Waals surface area contributed by atoms with Gasteiger partial charge in [-0.1, -0.05) is 48.9 Å². The molecule has 0 atom stereocenters. The van der Waals surface area contributed by atoms with Crippen LogP contribution in [0.4, 0.5) is 18.9 Å². The van der Waals surface area contributed by atoms with Crippen LogP contribution in [0, 0.1) is 5.41 Å². The average molecular weight is 439 g/mol. The minimum absolute atomic E-state index is 0.0107. The number of carbonyl (C=O) groups excluding carboxylic acids is 1. The smallest absolute Gasteiger partial charge is 0.315 e. The van der Waals surface area contributed by atoms with Gasteiger partial charge in [-0.2, -0.15) is 13.2 Å². The van der Waals surface area contributed by atoms with Gasteiger partial charge in [0.25, 0.3) is 0 Å². The summed E-state index contributed by atoms with van der Waals surface area (Å²) >= 11 is 6.26. The molecule has 0 spiro atoms. The van der Waals surface area contributed by atoms with Crippen molar-refractivity contribution in [2.24, 2.45) is 5.41 Å². The molecule has 0 saturated carbocycles. The van der Waals surface area contributed by atoms with Crippen molar-refractivity contribution in [1.29, 1.82) is 0 Å². The maximum atomic E-state index is 13.2. The van der Waals surface area contributed by atoms with Crippen molar-refractivity contribution in [1.82, 2.24) is 4.90 Å². The first-order valence-electron chi connectivity index (χ1n) is 9.97. The first-order valence-corrected chi connectivity index (χ1v) is 10.3. The predicted octanol–water partition coefficient (Wildman–Crippen LogP) is 5.71. The molecular weight excluding hydrogens is 413 g/mol. The first-order chi connectivity index (χ1) is 14.1. The highest BCUT2D eigenvalue weighted by Gasteiger charge is 2.39. The number of anilines is 1. The number of nitrogens with zero attached hydrogens (tertiary/aromatic N) is 2. The zero-order valence-corrected chi connectivity index (χ0v) is 17.9. The lowest BCUT2D eigenvalue weighted by molar-refractivity contribution is -0.130. The third kappa shape index (κ3) is 5.55. The molecule has 0 unspecified atom stereocenters. The van der Waals surface area contributed by atoms with Crippen molar-refractivity contribution < 1.29 is 18.0 Å². The van der Waals surface area contributed by atoms with E-state index in [4.69, 9.17) is 11.6 Å². The largest absolute Gasteiger partial charge is 0.393 e. The molecule has 1 heterocycles.